The van der Waals surface area contributed by atoms with Gasteiger partial charge in [0.2, 0.25) is 5.91 Å². The predicted octanol–water partition coefficient (Wildman–Crippen LogP) is 3.25. The van der Waals surface area contributed by atoms with Crippen molar-refractivity contribution in [2.75, 3.05) is 20.1 Å². The summed E-state index contributed by atoms with van der Waals surface area (Å²) in [5.74, 6) is 1.17. The van der Waals surface area contributed by atoms with E-state index in [-0.39, 0.29) is 36.8 Å². The van der Waals surface area contributed by atoms with E-state index in [4.69, 9.17) is 0 Å². The Hall–Kier alpha value is -1.60. The Labute approximate surface area is 198 Å². The molecule has 172 valence electrons. The number of aryl methyl sites for hydroxylation is 1. The Morgan fingerprint density at radius 3 is 2.52 bits per heavy atom. The molecule has 1 N–H and O–H groups in total. The van der Waals surface area contributed by atoms with Crippen molar-refractivity contribution in [2.45, 2.75) is 51.4 Å². The number of likely N-dealkylation sites (N-methyl/N-ethyl adjacent to an activating group) is 1. The molecule has 0 radical (unpaired) electrons. The molecule has 1 aliphatic heterocycles. The SMILES string of the molecule is CC(C(=O)N(Cc1nccn1C)C1CC12CCNCC2)N(C)Cc1ccccc1.Cl.Cl. The van der Waals surface area contributed by atoms with Gasteiger partial charge in [-0.2, -0.15) is 0 Å². The highest BCUT2D eigenvalue weighted by Crippen LogP contribution is 2.56. The van der Waals surface area contributed by atoms with E-state index < -0.39 is 0 Å². The van der Waals surface area contributed by atoms with Gasteiger partial charge in [0, 0.05) is 32.0 Å². The number of aromatic nitrogens is 2. The summed E-state index contributed by atoms with van der Waals surface area (Å²) in [6.07, 6.45) is 7.22. The molecule has 4 rings (SSSR count). The van der Waals surface area contributed by atoms with Gasteiger partial charge in [0.1, 0.15) is 5.82 Å². The fraction of sp³-hybridized carbons (Fsp3) is 0.565. The molecule has 1 saturated heterocycles. The molecule has 2 unspecified atom stereocenters. The van der Waals surface area contributed by atoms with E-state index >= 15 is 0 Å². The van der Waals surface area contributed by atoms with Crippen LogP contribution in [0.3, 0.4) is 0 Å². The summed E-state index contributed by atoms with van der Waals surface area (Å²) in [5, 5.41) is 3.46. The average molecular weight is 468 g/mol. The number of piperidine rings is 1. The number of amides is 1. The highest BCUT2D eigenvalue weighted by molar-refractivity contribution is 5.85. The number of carbonyl (C=O) groups is 1. The largest absolute Gasteiger partial charge is 0.337 e. The van der Waals surface area contributed by atoms with E-state index in [9.17, 15) is 4.79 Å². The number of carbonyl (C=O) groups excluding carboxylic acids is 1. The highest BCUT2D eigenvalue weighted by Gasteiger charge is 2.58. The maximum absolute atomic E-state index is 13.7. The molecule has 1 amide bonds. The lowest BCUT2D eigenvalue weighted by Gasteiger charge is -2.33. The fourth-order valence-corrected chi connectivity index (χ4v) is 4.71. The zero-order chi connectivity index (χ0) is 20.4. The molecule has 8 heteroatoms. The Balaban J connectivity index is 0.00000171. The zero-order valence-electron chi connectivity index (χ0n) is 18.7. The van der Waals surface area contributed by atoms with Gasteiger partial charge in [0.15, 0.2) is 0 Å². The summed E-state index contributed by atoms with van der Waals surface area (Å²) in [6.45, 7) is 5.51. The molecule has 2 aromatic rings. The summed E-state index contributed by atoms with van der Waals surface area (Å²) >= 11 is 0. The summed E-state index contributed by atoms with van der Waals surface area (Å²) in [6, 6.07) is 10.5. The fourth-order valence-electron chi connectivity index (χ4n) is 4.71. The van der Waals surface area contributed by atoms with Gasteiger partial charge in [0.05, 0.1) is 12.6 Å². The third kappa shape index (κ3) is 5.61. The van der Waals surface area contributed by atoms with Gasteiger partial charge in [-0.05, 0) is 57.3 Å². The summed E-state index contributed by atoms with van der Waals surface area (Å²) in [4.78, 5) is 22.4. The molecule has 1 aromatic carbocycles. The van der Waals surface area contributed by atoms with Crippen LogP contribution >= 0.6 is 24.8 Å². The number of nitrogens with one attached hydrogen (secondary N) is 1. The Bertz CT molecular complexity index is 838. The summed E-state index contributed by atoms with van der Waals surface area (Å²) in [5.41, 5.74) is 1.54. The first-order valence-corrected chi connectivity index (χ1v) is 10.7. The third-order valence-electron chi connectivity index (χ3n) is 6.93. The van der Waals surface area contributed by atoms with Gasteiger partial charge >= 0.3 is 0 Å². The van der Waals surface area contributed by atoms with Crippen LogP contribution in [0.2, 0.25) is 0 Å². The smallest absolute Gasteiger partial charge is 0.240 e. The lowest BCUT2D eigenvalue weighted by Crippen LogP contribution is -2.48. The Morgan fingerprint density at radius 1 is 1.23 bits per heavy atom. The molecule has 31 heavy (non-hydrogen) atoms. The van der Waals surface area contributed by atoms with E-state index in [0.717, 1.165) is 44.7 Å². The molecule has 0 bridgehead atoms. The zero-order valence-corrected chi connectivity index (χ0v) is 20.3. The lowest BCUT2D eigenvalue weighted by atomic mass is 9.93. The van der Waals surface area contributed by atoms with E-state index in [1.165, 1.54) is 5.56 Å². The second kappa shape index (κ2) is 10.8. The average Bonchev–Trinajstić information content (AvgIpc) is 3.25. The lowest BCUT2D eigenvalue weighted by molar-refractivity contribution is -0.138. The quantitative estimate of drug-likeness (QED) is 0.678. The molecule has 2 atom stereocenters. The molecule has 1 aliphatic carbocycles. The van der Waals surface area contributed by atoms with Crippen LogP contribution in [0.1, 0.15) is 37.6 Å². The molecular formula is C23H35Cl2N5O. The van der Waals surface area contributed by atoms with Crippen LogP contribution < -0.4 is 5.32 Å². The van der Waals surface area contributed by atoms with Crippen molar-refractivity contribution in [3.8, 4) is 0 Å². The number of imidazole rings is 1. The number of halogens is 2. The predicted molar refractivity (Wildman–Crippen MR) is 129 cm³/mol. The highest BCUT2D eigenvalue weighted by atomic mass is 35.5. The minimum Gasteiger partial charge on any atom is -0.337 e. The van der Waals surface area contributed by atoms with Gasteiger partial charge < -0.3 is 14.8 Å². The first-order valence-electron chi connectivity index (χ1n) is 10.7. The topological polar surface area (TPSA) is 53.4 Å². The minimum atomic E-state index is -0.171. The molecule has 2 fully saturated rings. The first kappa shape index (κ1) is 25.7. The standard InChI is InChI=1S/C23H33N5O.2ClH/c1-18(27(3)16-19-7-5-4-6-8-19)22(29)28(17-21-25-13-14-26(21)2)20-15-23(20)9-11-24-12-10-23;;/h4-8,13-14,18,20,24H,9-12,15-17H2,1-3H3;2*1H. The Morgan fingerprint density at radius 2 is 1.90 bits per heavy atom. The molecule has 1 saturated carbocycles. The summed E-state index contributed by atoms with van der Waals surface area (Å²) < 4.78 is 2.02. The number of hydrogen-bond acceptors (Lipinski definition) is 4. The van der Waals surface area contributed by atoms with E-state index in [0.29, 0.717) is 18.0 Å². The van der Waals surface area contributed by atoms with Crippen LogP contribution in [0.15, 0.2) is 42.7 Å². The Kier molecular flexibility index (Phi) is 8.95. The number of benzene rings is 1. The normalized spacial score (nSPS) is 19.9. The van der Waals surface area contributed by atoms with Gasteiger partial charge in [0.25, 0.3) is 0 Å². The van der Waals surface area contributed by atoms with Crippen molar-refractivity contribution in [3.63, 3.8) is 0 Å². The first-order chi connectivity index (χ1) is 14.0. The van der Waals surface area contributed by atoms with Crippen LogP contribution in [-0.4, -0.2) is 57.5 Å². The van der Waals surface area contributed by atoms with Crippen molar-refractivity contribution in [1.82, 2.24) is 24.7 Å². The molecular weight excluding hydrogens is 433 g/mol. The summed E-state index contributed by atoms with van der Waals surface area (Å²) in [7, 11) is 4.05. The van der Waals surface area contributed by atoms with Crippen LogP contribution in [0, 0.1) is 5.41 Å². The van der Waals surface area contributed by atoms with Crippen molar-refractivity contribution >= 4 is 30.7 Å². The van der Waals surface area contributed by atoms with Gasteiger partial charge in [-0.25, -0.2) is 4.98 Å². The van der Waals surface area contributed by atoms with E-state index in [2.05, 4.69) is 32.2 Å². The molecule has 1 aromatic heterocycles. The number of rotatable bonds is 7. The maximum atomic E-state index is 13.7. The van der Waals surface area contributed by atoms with Crippen molar-refractivity contribution in [1.29, 1.82) is 0 Å². The number of nitrogens with zero attached hydrogens (tertiary/aromatic N) is 4. The number of hydrogen-bond donors (Lipinski definition) is 1. The van der Waals surface area contributed by atoms with Crippen molar-refractivity contribution in [3.05, 3.63) is 54.1 Å². The van der Waals surface area contributed by atoms with E-state index in [1.54, 1.807) is 0 Å². The van der Waals surface area contributed by atoms with Crippen LogP contribution in [0.5, 0.6) is 0 Å². The molecule has 2 heterocycles. The molecule has 2 aliphatic rings. The third-order valence-corrected chi connectivity index (χ3v) is 6.93. The molecule has 1 spiro atoms. The van der Waals surface area contributed by atoms with Gasteiger partial charge in [-0.3, -0.25) is 9.69 Å². The van der Waals surface area contributed by atoms with Gasteiger partial charge in [-0.15, -0.1) is 24.8 Å². The van der Waals surface area contributed by atoms with Crippen molar-refractivity contribution < 1.29 is 4.79 Å². The van der Waals surface area contributed by atoms with E-state index in [1.807, 2.05) is 56.2 Å². The molecule has 6 nitrogen and oxygen atoms in total. The maximum Gasteiger partial charge on any atom is 0.240 e. The minimum absolute atomic E-state index is 0. The second-order valence-electron chi connectivity index (χ2n) is 8.83. The van der Waals surface area contributed by atoms with Crippen LogP contribution in [0.4, 0.5) is 0 Å². The van der Waals surface area contributed by atoms with Crippen molar-refractivity contribution in [2.24, 2.45) is 12.5 Å². The second-order valence-corrected chi connectivity index (χ2v) is 8.83. The van der Waals surface area contributed by atoms with Crippen LogP contribution in [-0.2, 0) is 24.9 Å². The monoisotopic (exact) mass is 467 g/mol. The van der Waals surface area contributed by atoms with Gasteiger partial charge in [-0.1, -0.05) is 30.3 Å². The van der Waals surface area contributed by atoms with Crippen LogP contribution in [0.25, 0.3) is 0 Å².